The van der Waals surface area contributed by atoms with Crippen molar-refractivity contribution < 1.29 is 19.1 Å². The Balaban J connectivity index is 1.91. The zero-order valence-corrected chi connectivity index (χ0v) is 12.9. The highest BCUT2D eigenvalue weighted by Crippen LogP contribution is 2.29. The molecule has 2 aromatic carbocycles. The van der Waals surface area contributed by atoms with Crippen LogP contribution in [0, 0.1) is 6.92 Å². The number of rotatable bonds is 4. The number of carbonyl (C=O) groups excluding carboxylic acids is 1. The first kappa shape index (κ1) is 15.6. The van der Waals surface area contributed by atoms with E-state index in [1.165, 1.54) is 6.07 Å². The van der Waals surface area contributed by atoms with Crippen molar-refractivity contribution >= 4 is 17.6 Å². The number of hydrogen-bond acceptors (Lipinski definition) is 3. The molecule has 0 aliphatic carbocycles. The van der Waals surface area contributed by atoms with Crippen LogP contribution >= 0.6 is 0 Å². The van der Waals surface area contributed by atoms with E-state index in [2.05, 4.69) is 5.32 Å². The Morgan fingerprint density at radius 2 is 1.79 bits per heavy atom. The Kier molecular flexibility index (Phi) is 4.16. The number of amides is 1. The van der Waals surface area contributed by atoms with Gasteiger partial charge in [0.1, 0.15) is 5.76 Å². The Bertz CT molecular complexity index is 911. The van der Waals surface area contributed by atoms with Crippen LogP contribution in [0.15, 0.2) is 65.1 Å². The van der Waals surface area contributed by atoms with Crippen molar-refractivity contribution in [1.29, 1.82) is 0 Å². The van der Waals surface area contributed by atoms with Gasteiger partial charge >= 0.3 is 5.97 Å². The van der Waals surface area contributed by atoms with Gasteiger partial charge in [0, 0.05) is 11.1 Å². The van der Waals surface area contributed by atoms with E-state index in [9.17, 15) is 9.59 Å². The maximum Gasteiger partial charge on any atom is 0.371 e. The van der Waals surface area contributed by atoms with E-state index in [0.29, 0.717) is 22.6 Å². The Morgan fingerprint density at radius 1 is 1.00 bits per heavy atom. The van der Waals surface area contributed by atoms with Crippen LogP contribution < -0.4 is 5.32 Å². The summed E-state index contributed by atoms with van der Waals surface area (Å²) in [4.78, 5) is 23.4. The molecule has 0 aliphatic rings. The molecule has 0 saturated heterocycles. The molecule has 5 nitrogen and oxygen atoms in total. The maximum absolute atomic E-state index is 12.4. The van der Waals surface area contributed by atoms with Crippen LogP contribution in [0.2, 0.25) is 0 Å². The van der Waals surface area contributed by atoms with Crippen molar-refractivity contribution in [3.05, 3.63) is 77.6 Å². The summed E-state index contributed by atoms with van der Waals surface area (Å²) < 4.78 is 5.33. The molecule has 0 spiro atoms. The molecule has 3 aromatic rings. The van der Waals surface area contributed by atoms with E-state index in [4.69, 9.17) is 9.52 Å². The molecule has 0 fully saturated rings. The second kappa shape index (κ2) is 6.42. The number of hydrogen-bond donors (Lipinski definition) is 2. The van der Waals surface area contributed by atoms with Crippen molar-refractivity contribution in [2.45, 2.75) is 6.92 Å². The highest BCUT2D eigenvalue weighted by atomic mass is 16.4. The molecule has 1 amide bonds. The normalized spacial score (nSPS) is 10.4. The van der Waals surface area contributed by atoms with E-state index < -0.39 is 5.97 Å². The fourth-order valence-electron chi connectivity index (χ4n) is 2.39. The number of carboxylic acids is 1. The minimum absolute atomic E-state index is 0.148. The third kappa shape index (κ3) is 3.20. The molecule has 120 valence electrons. The summed E-state index contributed by atoms with van der Waals surface area (Å²) in [5.41, 5.74) is 2.71. The molecule has 2 N–H and O–H groups in total. The summed E-state index contributed by atoms with van der Waals surface area (Å²) in [5, 5.41) is 11.8. The third-order valence-electron chi connectivity index (χ3n) is 3.54. The first-order valence-electron chi connectivity index (χ1n) is 7.35. The van der Waals surface area contributed by atoms with Gasteiger partial charge in [-0.1, -0.05) is 29.8 Å². The summed E-state index contributed by atoms with van der Waals surface area (Å²) in [6, 6.07) is 17.3. The van der Waals surface area contributed by atoms with E-state index >= 15 is 0 Å². The molecule has 0 unspecified atom stereocenters. The van der Waals surface area contributed by atoms with E-state index in [1.54, 1.807) is 42.5 Å². The van der Waals surface area contributed by atoms with Gasteiger partial charge in [0.15, 0.2) is 0 Å². The predicted octanol–water partition coefficient (Wildman–Crippen LogP) is 4.21. The maximum atomic E-state index is 12.4. The van der Waals surface area contributed by atoms with Gasteiger partial charge < -0.3 is 14.8 Å². The predicted molar refractivity (Wildman–Crippen MR) is 90.2 cm³/mol. The van der Waals surface area contributed by atoms with E-state index in [1.807, 2.05) is 19.1 Å². The SMILES string of the molecule is Cc1cccc(C(=O)Nc2ccccc2-c2ccc(C(=O)O)o2)c1. The first-order valence-corrected chi connectivity index (χ1v) is 7.35. The molecule has 1 aromatic heterocycles. The number of para-hydroxylation sites is 1. The number of furan rings is 1. The number of benzene rings is 2. The Morgan fingerprint density at radius 3 is 2.50 bits per heavy atom. The lowest BCUT2D eigenvalue weighted by Crippen LogP contribution is -2.12. The zero-order chi connectivity index (χ0) is 17.1. The van der Waals surface area contributed by atoms with Gasteiger partial charge in [0.2, 0.25) is 5.76 Å². The highest BCUT2D eigenvalue weighted by molar-refractivity contribution is 6.06. The first-order chi connectivity index (χ1) is 11.5. The molecule has 3 rings (SSSR count). The molecule has 0 atom stereocenters. The van der Waals surface area contributed by atoms with Gasteiger partial charge in [0.05, 0.1) is 5.69 Å². The van der Waals surface area contributed by atoms with E-state index in [-0.39, 0.29) is 11.7 Å². The van der Waals surface area contributed by atoms with Crippen LogP contribution in [0.4, 0.5) is 5.69 Å². The lowest BCUT2D eigenvalue weighted by atomic mass is 10.1. The summed E-state index contributed by atoms with van der Waals surface area (Å²) >= 11 is 0. The fourth-order valence-corrected chi connectivity index (χ4v) is 2.39. The van der Waals surface area contributed by atoms with Crippen LogP contribution in [-0.2, 0) is 0 Å². The number of anilines is 1. The van der Waals surface area contributed by atoms with Gasteiger partial charge in [-0.25, -0.2) is 4.79 Å². The summed E-state index contributed by atoms with van der Waals surface area (Å²) in [5.74, 6) is -1.14. The molecule has 0 bridgehead atoms. The second-order valence-electron chi connectivity index (χ2n) is 5.34. The number of aryl methyl sites for hydroxylation is 1. The largest absolute Gasteiger partial charge is 0.475 e. The third-order valence-corrected chi connectivity index (χ3v) is 3.54. The minimum atomic E-state index is -1.14. The van der Waals surface area contributed by atoms with Crippen LogP contribution in [-0.4, -0.2) is 17.0 Å². The Hall–Kier alpha value is -3.34. The van der Waals surface area contributed by atoms with Crippen molar-refractivity contribution in [2.75, 3.05) is 5.32 Å². The van der Waals surface area contributed by atoms with Gasteiger partial charge in [0.25, 0.3) is 5.91 Å². The molecule has 1 heterocycles. The van der Waals surface area contributed by atoms with Crippen molar-refractivity contribution in [3.63, 3.8) is 0 Å². The smallest absolute Gasteiger partial charge is 0.371 e. The standard InChI is InChI=1S/C19H15NO4/c1-12-5-4-6-13(11-12)18(21)20-15-8-3-2-7-14(15)16-9-10-17(24-16)19(22)23/h2-11H,1H3,(H,20,21)(H,22,23). The molecule has 0 radical (unpaired) electrons. The van der Waals surface area contributed by atoms with Gasteiger partial charge in [-0.3, -0.25) is 4.79 Å². The molecule has 24 heavy (non-hydrogen) atoms. The molecular weight excluding hydrogens is 306 g/mol. The average molecular weight is 321 g/mol. The topological polar surface area (TPSA) is 79.5 Å². The molecule has 5 heteroatoms. The fraction of sp³-hybridized carbons (Fsp3) is 0.0526. The molecular formula is C19H15NO4. The van der Waals surface area contributed by atoms with Crippen LogP contribution in [0.25, 0.3) is 11.3 Å². The lowest BCUT2D eigenvalue weighted by Gasteiger charge is -2.10. The van der Waals surface area contributed by atoms with Crippen LogP contribution in [0.1, 0.15) is 26.5 Å². The number of carbonyl (C=O) groups is 2. The van der Waals surface area contributed by atoms with Gasteiger partial charge in [-0.15, -0.1) is 0 Å². The van der Waals surface area contributed by atoms with Gasteiger partial charge in [-0.05, 0) is 43.3 Å². The second-order valence-corrected chi connectivity index (χ2v) is 5.34. The van der Waals surface area contributed by atoms with Crippen molar-refractivity contribution in [2.24, 2.45) is 0 Å². The van der Waals surface area contributed by atoms with Gasteiger partial charge in [-0.2, -0.15) is 0 Å². The average Bonchev–Trinajstić information content (AvgIpc) is 3.05. The molecule has 0 saturated carbocycles. The molecule has 0 aliphatic heterocycles. The Labute approximate surface area is 138 Å². The monoisotopic (exact) mass is 321 g/mol. The number of aromatic carboxylic acids is 1. The number of carboxylic acid groups (broad SMARTS) is 1. The summed E-state index contributed by atoms with van der Waals surface area (Å²) in [6.07, 6.45) is 0. The lowest BCUT2D eigenvalue weighted by molar-refractivity contribution is 0.0663. The summed E-state index contributed by atoms with van der Waals surface area (Å²) in [7, 11) is 0. The zero-order valence-electron chi connectivity index (χ0n) is 12.9. The van der Waals surface area contributed by atoms with E-state index in [0.717, 1.165) is 5.56 Å². The quantitative estimate of drug-likeness (QED) is 0.754. The minimum Gasteiger partial charge on any atom is -0.475 e. The number of nitrogens with one attached hydrogen (secondary N) is 1. The summed E-state index contributed by atoms with van der Waals surface area (Å²) in [6.45, 7) is 1.92. The van der Waals surface area contributed by atoms with Crippen LogP contribution in [0.5, 0.6) is 0 Å². The highest BCUT2D eigenvalue weighted by Gasteiger charge is 2.15. The van der Waals surface area contributed by atoms with Crippen molar-refractivity contribution in [1.82, 2.24) is 0 Å². The van der Waals surface area contributed by atoms with Crippen LogP contribution in [0.3, 0.4) is 0 Å². The van der Waals surface area contributed by atoms with Crippen molar-refractivity contribution in [3.8, 4) is 11.3 Å².